The molecule has 0 bridgehead atoms. The molecule has 5 heteroatoms. The highest BCUT2D eigenvalue weighted by Gasteiger charge is 2.31. The van der Waals surface area contributed by atoms with Crippen molar-refractivity contribution < 1.29 is 13.2 Å². The van der Waals surface area contributed by atoms with Gasteiger partial charge in [-0.3, -0.25) is 4.79 Å². The summed E-state index contributed by atoms with van der Waals surface area (Å²) in [6, 6.07) is 6.09. The molecular weight excluding hydrogens is 226 g/mol. The summed E-state index contributed by atoms with van der Waals surface area (Å²) in [5, 5.41) is 0. The van der Waals surface area contributed by atoms with Crippen molar-refractivity contribution in [3.05, 3.63) is 29.8 Å². The van der Waals surface area contributed by atoms with E-state index in [0.717, 1.165) is 0 Å². The lowest BCUT2D eigenvalue weighted by Crippen LogP contribution is -2.20. The lowest BCUT2D eigenvalue weighted by Gasteiger charge is -1.91. The van der Waals surface area contributed by atoms with E-state index >= 15 is 0 Å². The molecule has 4 nitrogen and oxygen atoms in total. The first-order valence-electron chi connectivity index (χ1n) is 5.27. The second-order valence-corrected chi connectivity index (χ2v) is 4.08. The summed E-state index contributed by atoms with van der Waals surface area (Å²) in [7, 11) is -3.55. The Kier molecular flexibility index (Phi) is 5.74. The summed E-state index contributed by atoms with van der Waals surface area (Å²) in [5.41, 5.74) is 0.220. The normalized spacial score (nSPS) is 14.6. The highest BCUT2D eigenvalue weighted by atomic mass is 32.2. The second-order valence-electron chi connectivity index (χ2n) is 2.43. The Morgan fingerprint density at radius 1 is 1.00 bits per heavy atom. The molecule has 16 heavy (non-hydrogen) atoms. The van der Waals surface area contributed by atoms with Crippen LogP contribution >= 0.6 is 0 Å². The van der Waals surface area contributed by atoms with Crippen molar-refractivity contribution in [2.24, 2.45) is 0 Å². The largest absolute Gasteiger partial charge is 0.268 e. The minimum Gasteiger partial charge on any atom is -0.268 e. The van der Waals surface area contributed by atoms with Crippen molar-refractivity contribution in [3.63, 3.8) is 0 Å². The van der Waals surface area contributed by atoms with Crippen LogP contribution in [0.4, 0.5) is 0 Å². The fraction of sp³-hybridized carbons (Fsp3) is 0.364. The Hall–Kier alpha value is -1.36. The van der Waals surface area contributed by atoms with Crippen molar-refractivity contribution in [3.8, 4) is 0 Å². The molecule has 0 aromatic heterocycles. The summed E-state index contributed by atoms with van der Waals surface area (Å²) < 4.78 is 24.2. The Labute approximate surface area is 96.7 Å². The van der Waals surface area contributed by atoms with Crippen LogP contribution < -0.4 is 4.72 Å². The highest BCUT2D eigenvalue weighted by Crippen LogP contribution is 2.20. The molecule has 1 N–H and O–H groups in total. The zero-order valence-corrected chi connectivity index (χ0v) is 10.8. The number of rotatable bonds is 0. The van der Waals surface area contributed by atoms with Crippen LogP contribution in [0.5, 0.6) is 0 Å². The maximum atomic E-state index is 11.1. The third kappa shape index (κ3) is 2.82. The molecule has 0 saturated carbocycles. The Morgan fingerprint density at radius 2 is 1.50 bits per heavy atom. The molecule has 1 amide bonds. The summed E-state index contributed by atoms with van der Waals surface area (Å²) in [6.07, 6.45) is 0. The van der Waals surface area contributed by atoms with Crippen LogP contribution in [-0.2, 0) is 10.0 Å². The van der Waals surface area contributed by atoms with Gasteiger partial charge in [-0.1, -0.05) is 39.8 Å². The van der Waals surface area contributed by atoms with Crippen LogP contribution in [-0.4, -0.2) is 14.3 Å². The van der Waals surface area contributed by atoms with Gasteiger partial charge in [0.1, 0.15) is 4.90 Å². The van der Waals surface area contributed by atoms with E-state index in [2.05, 4.69) is 0 Å². The number of carbonyl (C=O) groups is 1. The van der Waals surface area contributed by atoms with Gasteiger partial charge in [0, 0.05) is 0 Å². The van der Waals surface area contributed by atoms with E-state index < -0.39 is 15.9 Å². The molecule has 0 radical (unpaired) electrons. The maximum Gasteiger partial charge on any atom is 0.266 e. The average molecular weight is 243 g/mol. The van der Waals surface area contributed by atoms with E-state index in [1.54, 1.807) is 12.1 Å². The molecule has 0 saturated heterocycles. The van der Waals surface area contributed by atoms with Crippen molar-refractivity contribution in [2.45, 2.75) is 32.6 Å². The van der Waals surface area contributed by atoms with Crippen LogP contribution in [0.2, 0.25) is 0 Å². The van der Waals surface area contributed by atoms with Gasteiger partial charge in [0.25, 0.3) is 15.9 Å². The molecule has 0 aliphatic carbocycles. The first-order chi connectivity index (χ1) is 7.61. The summed E-state index contributed by atoms with van der Waals surface area (Å²) in [5.74, 6) is -0.550. The van der Waals surface area contributed by atoms with Crippen LogP contribution in [0.1, 0.15) is 38.1 Å². The maximum absolute atomic E-state index is 11.1. The minimum atomic E-state index is -3.55. The van der Waals surface area contributed by atoms with Gasteiger partial charge >= 0.3 is 0 Å². The number of carbonyl (C=O) groups excluding carboxylic acids is 1. The topological polar surface area (TPSA) is 63.2 Å². The lowest BCUT2D eigenvalue weighted by atomic mass is 10.2. The van der Waals surface area contributed by atoms with Crippen molar-refractivity contribution in [1.29, 1.82) is 0 Å². The quantitative estimate of drug-likeness (QED) is 0.759. The standard InChI is InChI=1S/C7H5NO3S.2C2H6/c9-7-5-3-1-2-4-6(5)12(10,11)8-7;2*1-2/h1-4H,(H,8,9);2*1-2H3. The molecule has 1 aliphatic rings. The molecular formula is C11H17NO3S. The Morgan fingerprint density at radius 3 is 2.00 bits per heavy atom. The molecule has 90 valence electrons. The summed E-state index contributed by atoms with van der Waals surface area (Å²) >= 11 is 0. The first-order valence-corrected chi connectivity index (χ1v) is 6.76. The molecule has 0 fully saturated rings. The number of nitrogens with one attached hydrogen (secondary N) is 1. The predicted octanol–water partition coefficient (Wildman–Crippen LogP) is 2.17. The van der Waals surface area contributed by atoms with Crippen LogP contribution in [0.3, 0.4) is 0 Å². The number of amides is 1. The highest BCUT2D eigenvalue weighted by molar-refractivity contribution is 7.90. The summed E-state index contributed by atoms with van der Waals surface area (Å²) in [6.45, 7) is 8.00. The monoisotopic (exact) mass is 243 g/mol. The van der Waals surface area contributed by atoms with Gasteiger partial charge in [-0.2, -0.15) is 0 Å². The van der Waals surface area contributed by atoms with Crippen LogP contribution in [0.15, 0.2) is 29.2 Å². The van der Waals surface area contributed by atoms with E-state index in [-0.39, 0.29) is 10.5 Å². The van der Waals surface area contributed by atoms with Gasteiger partial charge < -0.3 is 0 Å². The molecule has 1 heterocycles. The number of fused-ring (bicyclic) bond motifs is 1. The second kappa shape index (κ2) is 6.27. The van der Waals surface area contributed by atoms with E-state index in [4.69, 9.17) is 0 Å². The smallest absolute Gasteiger partial charge is 0.266 e. The van der Waals surface area contributed by atoms with E-state index in [1.165, 1.54) is 12.1 Å². The van der Waals surface area contributed by atoms with Crippen molar-refractivity contribution >= 4 is 15.9 Å². The number of hydrogen-bond donors (Lipinski definition) is 1. The van der Waals surface area contributed by atoms with Crippen molar-refractivity contribution in [2.75, 3.05) is 0 Å². The van der Waals surface area contributed by atoms with Gasteiger partial charge in [0.05, 0.1) is 5.56 Å². The van der Waals surface area contributed by atoms with Crippen molar-refractivity contribution in [1.82, 2.24) is 4.72 Å². The molecule has 1 aromatic carbocycles. The van der Waals surface area contributed by atoms with E-state index in [0.29, 0.717) is 0 Å². The molecule has 0 unspecified atom stereocenters. The molecule has 0 atom stereocenters. The number of sulfonamides is 1. The predicted molar refractivity (Wildman–Crippen MR) is 63.8 cm³/mol. The Balaban J connectivity index is 0.000000509. The van der Waals surface area contributed by atoms with E-state index in [9.17, 15) is 13.2 Å². The van der Waals surface area contributed by atoms with Gasteiger partial charge in [0.2, 0.25) is 0 Å². The molecule has 1 aliphatic heterocycles. The molecule has 2 rings (SSSR count). The number of hydrogen-bond acceptors (Lipinski definition) is 3. The SMILES string of the molecule is CC.CC.O=C1NS(=O)(=O)c2ccccc21. The first kappa shape index (κ1) is 14.6. The fourth-order valence-corrected chi connectivity index (χ4v) is 2.29. The zero-order chi connectivity index (χ0) is 12.8. The third-order valence-electron chi connectivity index (χ3n) is 1.65. The van der Waals surface area contributed by atoms with Gasteiger partial charge in [-0.15, -0.1) is 0 Å². The number of benzene rings is 1. The average Bonchev–Trinajstić information content (AvgIpc) is 2.56. The van der Waals surface area contributed by atoms with Gasteiger partial charge in [-0.25, -0.2) is 13.1 Å². The summed E-state index contributed by atoms with van der Waals surface area (Å²) in [4.78, 5) is 11.1. The third-order valence-corrected chi connectivity index (χ3v) is 3.04. The molecule has 0 spiro atoms. The molecule has 1 aromatic rings. The van der Waals surface area contributed by atoms with Crippen LogP contribution in [0, 0.1) is 0 Å². The minimum absolute atomic E-state index is 0.0648. The van der Waals surface area contributed by atoms with Crippen LogP contribution in [0.25, 0.3) is 0 Å². The Bertz CT molecular complexity index is 452. The van der Waals surface area contributed by atoms with Gasteiger partial charge in [-0.05, 0) is 12.1 Å². The van der Waals surface area contributed by atoms with E-state index in [1.807, 2.05) is 32.4 Å². The lowest BCUT2D eigenvalue weighted by molar-refractivity contribution is 0.0985. The fourth-order valence-electron chi connectivity index (χ4n) is 1.12. The zero-order valence-electron chi connectivity index (χ0n) is 9.94. The van der Waals surface area contributed by atoms with Gasteiger partial charge in [0.15, 0.2) is 0 Å².